The first-order chi connectivity index (χ1) is 9.89. The zero-order valence-corrected chi connectivity index (χ0v) is 12.8. The molecule has 0 unspecified atom stereocenters. The number of hydrogen-bond acceptors (Lipinski definition) is 4. The van der Waals surface area contributed by atoms with Crippen molar-refractivity contribution in [3.63, 3.8) is 0 Å². The molecule has 1 aliphatic rings. The van der Waals surface area contributed by atoms with Gasteiger partial charge in [-0.3, -0.25) is 9.97 Å². The second-order valence-corrected chi connectivity index (χ2v) is 6.28. The van der Waals surface area contributed by atoms with Crippen LogP contribution < -0.4 is 5.59 Å². The minimum absolute atomic E-state index is 0.364. The SMILES string of the molecule is CC1(C)OB(c2cnc(-c3ccccc3)cn2)OC1(C)C. The molecular formula is C16H19BN2O2. The molecule has 0 spiro atoms. The van der Waals surface area contributed by atoms with E-state index in [-0.39, 0.29) is 11.2 Å². The molecule has 5 heteroatoms. The Kier molecular flexibility index (Phi) is 3.34. The maximum Gasteiger partial charge on any atom is 0.516 e. The number of aromatic nitrogens is 2. The fourth-order valence-corrected chi connectivity index (χ4v) is 2.18. The Morgan fingerprint density at radius 3 is 2.00 bits per heavy atom. The van der Waals surface area contributed by atoms with Gasteiger partial charge < -0.3 is 9.31 Å². The van der Waals surface area contributed by atoms with Crippen LogP contribution in [0.4, 0.5) is 0 Å². The molecule has 1 aromatic heterocycles. The third-order valence-corrected chi connectivity index (χ3v) is 4.24. The predicted molar refractivity (Wildman–Crippen MR) is 83.2 cm³/mol. The lowest BCUT2D eigenvalue weighted by atomic mass is 9.85. The van der Waals surface area contributed by atoms with E-state index in [0.717, 1.165) is 11.3 Å². The molecule has 0 radical (unpaired) electrons. The number of rotatable bonds is 2. The van der Waals surface area contributed by atoms with Gasteiger partial charge in [0.15, 0.2) is 0 Å². The lowest BCUT2D eigenvalue weighted by Crippen LogP contribution is -2.41. The van der Waals surface area contributed by atoms with Crippen LogP contribution in [0.1, 0.15) is 27.7 Å². The van der Waals surface area contributed by atoms with Crippen molar-refractivity contribution in [1.82, 2.24) is 9.97 Å². The summed E-state index contributed by atoms with van der Waals surface area (Å²) in [5.41, 5.74) is 1.86. The molecule has 21 heavy (non-hydrogen) atoms. The fourth-order valence-electron chi connectivity index (χ4n) is 2.18. The van der Waals surface area contributed by atoms with Crippen molar-refractivity contribution < 1.29 is 9.31 Å². The number of nitrogens with zero attached hydrogens (tertiary/aromatic N) is 2. The van der Waals surface area contributed by atoms with Gasteiger partial charge in [-0.2, -0.15) is 0 Å². The van der Waals surface area contributed by atoms with E-state index >= 15 is 0 Å². The van der Waals surface area contributed by atoms with Gasteiger partial charge in [-0.05, 0) is 27.7 Å². The maximum atomic E-state index is 5.97. The Morgan fingerprint density at radius 2 is 1.48 bits per heavy atom. The second-order valence-electron chi connectivity index (χ2n) is 6.28. The molecule has 0 saturated carbocycles. The van der Waals surface area contributed by atoms with Crippen molar-refractivity contribution in [3.05, 3.63) is 42.7 Å². The Balaban J connectivity index is 1.83. The summed E-state index contributed by atoms with van der Waals surface area (Å²) in [6.45, 7) is 8.11. The minimum atomic E-state index is -0.465. The molecule has 0 bridgehead atoms. The van der Waals surface area contributed by atoms with Crippen LogP contribution in [0.2, 0.25) is 0 Å². The molecule has 4 nitrogen and oxygen atoms in total. The second kappa shape index (κ2) is 4.93. The van der Waals surface area contributed by atoms with Crippen LogP contribution >= 0.6 is 0 Å². The Bertz CT molecular complexity index is 610. The normalized spacial score (nSPS) is 19.7. The molecule has 0 atom stereocenters. The largest absolute Gasteiger partial charge is 0.516 e. The summed E-state index contributed by atoms with van der Waals surface area (Å²) in [6, 6.07) is 9.98. The van der Waals surface area contributed by atoms with Crippen LogP contribution in [0.3, 0.4) is 0 Å². The van der Waals surface area contributed by atoms with E-state index in [0.29, 0.717) is 5.59 Å². The van der Waals surface area contributed by atoms with E-state index in [1.807, 2.05) is 58.0 Å². The Morgan fingerprint density at radius 1 is 0.857 bits per heavy atom. The average Bonchev–Trinajstić information content (AvgIpc) is 2.69. The third kappa shape index (κ3) is 2.59. The molecule has 1 fully saturated rings. The van der Waals surface area contributed by atoms with Crippen LogP contribution in [0.5, 0.6) is 0 Å². The standard InChI is InChI=1S/C16H19BN2O2/c1-15(2)16(3,4)21-17(20-15)14-11-18-13(10-19-14)12-8-6-5-7-9-12/h5-11H,1-4H3. The highest BCUT2D eigenvalue weighted by Crippen LogP contribution is 2.36. The summed E-state index contributed by atoms with van der Waals surface area (Å²) < 4.78 is 11.9. The molecule has 3 rings (SSSR count). The van der Waals surface area contributed by atoms with Gasteiger partial charge in [-0.25, -0.2) is 0 Å². The van der Waals surface area contributed by atoms with Crippen LogP contribution in [0.15, 0.2) is 42.7 Å². The quantitative estimate of drug-likeness (QED) is 0.794. The lowest BCUT2D eigenvalue weighted by Gasteiger charge is -2.32. The smallest absolute Gasteiger partial charge is 0.398 e. The Hall–Kier alpha value is -1.72. The maximum absolute atomic E-state index is 5.97. The van der Waals surface area contributed by atoms with E-state index in [4.69, 9.17) is 9.31 Å². The molecule has 1 aliphatic heterocycles. The van der Waals surface area contributed by atoms with Gasteiger partial charge in [0.1, 0.15) is 0 Å². The van der Waals surface area contributed by atoms with Gasteiger partial charge in [0, 0.05) is 11.8 Å². The average molecular weight is 282 g/mol. The minimum Gasteiger partial charge on any atom is -0.398 e. The van der Waals surface area contributed by atoms with E-state index < -0.39 is 7.12 Å². The van der Waals surface area contributed by atoms with Crippen molar-refractivity contribution in [2.24, 2.45) is 0 Å². The summed E-state index contributed by atoms with van der Waals surface area (Å²) in [7, 11) is -0.465. The molecule has 1 saturated heterocycles. The van der Waals surface area contributed by atoms with Gasteiger partial charge in [0.25, 0.3) is 0 Å². The molecule has 2 heterocycles. The van der Waals surface area contributed by atoms with Gasteiger partial charge in [0.05, 0.1) is 28.7 Å². The van der Waals surface area contributed by atoms with Gasteiger partial charge >= 0.3 is 7.12 Å². The van der Waals surface area contributed by atoms with E-state index in [1.165, 1.54) is 0 Å². The molecule has 0 N–H and O–H groups in total. The van der Waals surface area contributed by atoms with Gasteiger partial charge in [-0.1, -0.05) is 30.3 Å². The van der Waals surface area contributed by atoms with Crippen LogP contribution in [0.25, 0.3) is 11.3 Å². The van der Waals surface area contributed by atoms with Crippen LogP contribution in [0, 0.1) is 0 Å². The number of hydrogen-bond donors (Lipinski definition) is 0. The topological polar surface area (TPSA) is 44.2 Å². The fraction of sp³-hybridized carbons (Fsp3) is 0.375. The van der Waals surface area contributed by atoms with E-state index in [2.05, 4.69) is 9.97 Å². The molecule has 0 aliphatic carbocycles. The first-order valence-electron chi connectivity index (χ1n) is 7.12. The first kappa shape index (κ1) is 14.2. The van der Waals surface area contributed by atoms with Crippen LogP contribution in [-0.4, -0.2) is 28.3 Å². The van der Waals surface area contributed by atoms with Crippen molar-refractivity contribution in [3.8, 4) is 11.3 Å². The molecule has 108 valence electrons. The molecule has 2 aromatic rings. The third-order valence-electron chi connectivity index (χ3n) is 4.24. The zero-order valence-electron chi connectivity index (χ0n) is 12.8. The van der Waals surface area contributed by atoms with Crippen molar-refractivity contribution >= 4 is 12.7 Å². The van der Waals surface area contributed by atoms with E-state index in [1.54, 1.807) is 12.4 Å². The number of benzene rings is 1. The van der Waals surface area contributed by atoms with Gasteiger partial charge in [0.2, 0.25) is 0 Å². The van der Waals surface area contributed by atoms with Crippen molar-refractivity contribution in [2.75, 3.05) is 0 Å². The summed E-state index contributed by atoms with van der Waals surface area (Å²) in [6.07, 6.45) is 3.49. The lowest BCUT2D eigenvalue weighted by molar-refractivity contribution is 0.00578. The monoisotopic (exact) mass is 282 g/mol. The summed E-state index contributed by atoms with van der Waals surface area (Å²) in [5.74, 6) is 0. The van der Waals surface area contributed by atoms with Crippen molar-refractivity contribution in [2.45, 2.75) is 38.9 Å². The summed E-state index contributed by atoms with van der Waals surface area (Å²) >= 11 is 0. The summed E-state index contributed by atoms with van der Waals surface area (Å²) in [4.78, 5) is 8.92. The zero-order chi connectivity index (χ0) is 15.1. The van der Waals surface area contributed by atoms with Gasteiger partial charge in [-0.15, -0.1) is 0 Å². The highest BCUT2D eigenvalue weighted by atomic mass is 16.7. The highest BCUT2D eigenvalue weighted by molar-refractivity contribution is 6.61. The van der Waals surface area contributed by atoms with Crippen LogP contribution in [-0.2, 0) is 9.31 Å². The predicted octanol–water partition coefficient (Wildman–Crippen LogP) is 2.44. The van der Waals surface area contributed by atoms with Crippen molar-refractivity contribution in [1.29, 1.82) is 0 Å². The first-order valence-corrected chi connectivity index (χ1v) is 7.12. The summed E-state index contributed by atoms with van der Waals surface area (Å²) in [5, 5.41) is 0. The molecule has 1 aromatic carbocycles. The highest BCUT2D eigenvalue weighted by Gasteiger charge is 2.52. The Labute approximate surface area is 125 Å². The van der Waals surface area contributed by atoms with E-state index in [9.17, 15) is 0 Å². The molecular weight excluding hydrogens is 263 g/mol. The molecule has 0 amide bonds.